The molecular weight excluding hydrogens is 236 g/mol. The summed E-state index contributed by atoms with van der Waals surface area (Å²) in [6.07, 6.45) is 5.94. The number of aromatic amines is 1. The minimum atomic E-state index is -0.00540. The van der Waals surface area contributed by atoms with E-state index >= 15 is 0 Å². The van der Waals surface area contributed by atoms with Crippen molar-refractivity contribution in [3.63, 3.8) is 0 Å². The van der Waals surface area contributed by atoms with Crippen molar-refractivity contribution in [3.05, 3.63) is 33.7 Å². The van der Waals surface area contributed by atoms with Crippen LogP contribution in [0, 0.1) is 0 Å². The number of nitrogens with zero attached hydrogens (tertiary/aromatic N) is 1. The van der Waals surface area contributed by atoms with Gasteiger partial charge >= 0.3 is 5.69 Å². The topological polar surface area (TPSA) is 37.8 Å². The van der Waals surface area contributed by atoms with Gasteiger partial charge in [-0.1, -0.05) is 30.9 Å². The van der Waals surface area contributed by atoms with Gasteiger partial charge in [-0.05, 0) is 31.0 Å². The lowest BCUT2D eigenvalue weighted by Crippen LogP contribution is -2.23. The first-order chi connectivity index (χ1) is 8.25. The molecule has 3 nitrogen and oxygen atoms in total. The van der Waals surface area contributed by atoms with Gasteiger partial charge in [0.1, 0.15) is 0 Å². The van der Waals surface area contributed by atoms with E-state index in [1.165, 1.54) is 19.3 Å². The number of fused-ring (bicyclic) bond motifs is 1. The van der Waals surface area contributed by atoms with Gasteiger partial charge in [0.15, 0.2) is 0 Å². The molecule has 1 heterocycles. The number of halogens is 1. The number of nitrogens with one attached hydrogen (secondary N) is 1. The SMILES string of the molecule is O=c1[nH]c2cc(Cl)ccc2n1C1CCCCC1. The molecule has 1 aromatic carbocycles. The molecule has 4 heteroatoms. The van der Waals surface area contributed by atoms with Crippen LogP contribution in [0.25, 0.3) is 11.0 Å². The van der Waals surface area contributed by atoms with E-state index in [9.17, 15) is 4.79 Å². The number of aromatic nitrogens is 2. The predicted octanol–water partition coefficient (Wildman–Crippen LogP) is 3.49. The zero-order valence-electron chi connectivity index (χ0n) is 9.58. The molecule has 0 aliphatic heterocycles. The summed E-state index contributed by atoms with van der Waals surface area (Å²) in [5.74, 6) is 0. The van der Waals surface area contributed by atoms with Crippen LogP contribution < -0.4 is 5.69 Å². The average molecular weight is 251 g/mol. The van der Waals surface area contributed by atoms with Gasteiger partial charge in [-0.15, -0.1) is 0 Å². The third kappa shape index (κ3) is 1.89. The van der Waals surface area contributed by atoms with Crippen LogP contribution in [0.1, 0.15) is 38.1 Å². The fraction of sp³-hybridized carbons (Fsp3) is 0.462. The Morgan fingerprint density at radius 1 is 1.24 bits per heavy atom. The van der Waals surface area contributed by atoms with Crippen LogP contribution in [-0.2, 0) is 0 Å². The monoisotopic (exact) mass is 250 g/mol. The second-order valence-corrected chi connectivity index (χ2v) is 5.19. The van der Waals surface area contributed by atoms with Crippen molar-refractivity contribution >= 4 is 22.6 Å². The molecule has 0 saturated heterocycles. The highest BCUT2D eigenvalue weighted by molar-refractivity contribution is 6.31. The molecule has 1 aliphatic rings. The first kappa shape index (κ1) is 10.9. The Hall–Kier alpha value is -1.22. The van der Waals surface area contributed by atoms with Crippen molar-refractivity contribution in [3.8, 4) is 0 Å². The highest BCUT2D eigenvalue weighted by Gasteiger charge is 2.19. The van der Waals surface area contributed by atoms with Crippen LogP contribution in [0.3, 0.4) is 0 Å². The summed E-state index contributed by atoms with van der Waals surface area (Å²) in [5, 5.41) is 0.662. The lowest BCUT2D eigenvalue weighted by molar-refractivity contribution is 0.353. The summed E-state index contributed by atoms with van der Waals surface area (Å²) in [4.78, 5) is 14.9. The summed E-state index contributed by atoms with van der Waals surface area (Å²) in [5.41, 5.74) is 1.81. The normalized spacial score (nSPS) is 17.7. The minimum absolute atomic E-state index is 0.00540. The van der Waals surface area contributed by atoms with E-state index < -0.39 is 0 Å². The Morgan fingerprint density at radius 3 is 2.76 bits per heavy atom. The molecule has 17 heavy (non-hydrogen) atoms. The minimum Gasteiger partial charge on any atom is -0.305 e. The highest BCUT2D eigenvalue weighted by atomic mass is 35.5. The molecular formula is C13H15ClN2O. The molecule has 2 aromatic rings. The van der Waals surface area contributed by atoms with Crippen LogP contribution in [0.4, 0.5) is 0 Å². The Balaban J connectivity index is 2.14. The van der Waals surface area contributed by atoms with Gasteiger partial charge in [0.25, 0.3) is 0 Å². The molecule has 1 aromatic heterocycles. The van der Waals surface area contributed by atoms with E-state index in [2.05, 4.69) is 4.98 Å². The number of hydrogen-bond acceptors (Lipinski definition) is 1. The summed E-state index contributed by atoms with van der Waals surface area (Å²) >= 11 is 5.93. The maximum Gasteiger partial charge on any atom is 0.326 e. The van der Waals surface area contributed by atoms with Crippen LogP contribution in [0.2, 0.25) is 5.02 Å². The molecule has 1 saturated carbocycles. The Labute approximate surface area is 104 Å². The van der Waals surface area contributed by atoms with E-state index in [-0.39, 0.29) is 5.69 Å². The van der Waals surface area contributed by atoms with Crippen LogP contribution in [0.15, 0.2) is 23.0 Å². The van der Waals surface area contributed by atoms with Crippen LogP contribution in [-0.4, -0.2) is 9.55 Å². The lowest BCUT2D eigenvalue weighted by Gasteiger charge is -2.22. The molecule has 0 radical (unpaired) electrons. The summed E-state index contributed by atoms with van der Waals surface area (Å²) in [6, 6.07) is 5.95. The molecule has 1 fully saturated rings. The third-order valence-corrected chi connectivity index (χ3v) is 3.85. The Kier molecular flexibility index (Phi) is 2.71. The number of imidazole rings is 1. The number of hydrogen-bond donors (Lipinski definition) is 1. The van der Waals surface area contributed by atoms with E-state index in [0.29, 0.717) is 11.1 Å². The maximum atomic E-state index is 12.0. The van der Waals surface area contributed by atoms with Gasteiger partial charge < -0.3 is 4.98 Å². The van der Waals surface area contributed by atoms with Gasteiger partial charge in [0.2, 0.25) is 0 Å². The fourth-order valence-electron chi connectivity index (χ4n) is 2.81. The molecule has 0 spiro atoms. The average Bonchev–Trinajstić information content (AvgIpc) is 2.65. The summed E-state index contributed by atoms with van der Waals surface area (Å²) in [7, 11) is 0. The molecule has 0 bridgehead atoms. The Bertz CT molecular complexity index is 593. The molecule has 0 amide bonds. The standard InChI is InChI=1S/C13H15ClN2O/c14-9-6-7-12-11(8-9)15-13(17)16(12)10-4-2-1-3-5-10/h6-8,10H,1-5H2,(H,15,17). The number of rotatable bonds is 1. The molecule has 3 rings (SSSR count). The van der Waals surface area contributed by atoms with Crippen LogP contribution in [0.5, 0.6) is 0 Å². The predicted molar refractivity (Wildman–Crippen MR) is 69.7 cm³/mol. The molecule has 1 N–H and O–H groups in total. The maximum absolute atomic E-state index is 12.0. The van der Waals surface area contributed by atoms with E-state index in [4.69, 9.17) is 11.6 Å². The first-order valence-corrected chi connectivity index (χ1v) is 6.53. The van der Waals surface area contributed by atoms with Crippen molar-refractivity contribution in [1.82, 2.24) is 9.55 Å². The molecule has 0 atom stereocenters. The summed E-state index contributed by atoms with van der Waals surface area (Å²) in [6.45, 7) is 0. The van der Waals surface area contributed by atoms with E-state index in [1.807, 2.05) is 22.8 Å². The number of H-pyrrole nitrogens is 1. The zero-order valence-corrected chi connectivity index (χ0v) is 10.3. The fourth-order valence-corrected chi connectivity index (χ4v) is 2.98. The number of benzene rings is 1. The Morgan fingerprint density at radius 2 is 2.00 bits per heavy atom. The van der Waals surface area contributed by atoms with Crippen LogP contribution >= 0.6 is 11.6 Å². The van der Waals surface area contributed by atoms with Crippen molar-refractivity contribution in [2.24, 2.45) is 0 Å². The molecule has 1 aliphatic carbocycles. The smallest absolute Gasteiger partial charge is 0.305 e. The second-order valence-electron chi connectivity index (χ2n) is 4.75. The van der Waals surface area contributed by atoms with Crippen molar-refractivity contribution in [2.45, 2.75) is 38.1 Å². The van der Waals surface area contributed by atoms with Crippen molar-refractivity contribution in [2.75, 3.05) is 0 Å². The van der Waals surface area contributed by atoms with Gasteiger partial charge in [0.05, 0.1) is 11.0 Å². The first-order valence-electron chi connectivity index (χ1n) is 6.15. The van der Waals surface area contributed by atoms with Crippen molar-refractivity contribution < 1.29 is 0 Å². The quantitative estimate of drug-likeness (QED) is 0.827. The summed E-state index contributed by atoms with van der Waals surface area (Å²) < 4.78 is 1.91. The third-order valence-electron chi connectivity index (χ3n) is 3.62. The van der Waals surface area contributed by atoms with Gasteiger partial charge in [-0.3, -0.25) is 4.57 Å². The van der Waals surface area contributed by atoms with Gasteiger partial charge in [0, 0.05) is 11.1 Å². The van der Waals surface area contributed by atoms with E-state index in [1.54, 1.807) is 0 Å². The zero-order chi connectivity index (χ0) is 11.8. The molecule has 90 valence electrons. The highest BCUT2D eigenvalue weighted by Crippen LogP contribution is 2.29. The van der Waals surface area contributed by atoms with E-state index in [0.717, 1.165) is 23.9 Å². The van der Waals surface area contributed by atoms with Gasteiger partial charge in [-0.2, -0.15) is 0 Å². The van der Waals surface area contributed by atoms with Crippen molar-refractivity contribution in [1.29, 1.82) is 0 Å². The largest absolute Gasteiger partial charge is 0.326 e. The second kappa shape index (κ2) is 4.22. The lowest BCUT2D eigenvalue weighted by atomic mass is 9.95. The molecule has 0 unspecified atom stereocenters. The van der Waals surface area contributed by atoms with Gasteiger partial charge in [-0.25, -0.2) is 4.79 Å².